The number of rotatable bonds is 11. The molecule has 0 spiro atoms. The number of allylic oxidation sites excluding steroid dienone is 2. The molecule has 1 amide bonds. The zero-order chi connectivity index (χ0) is 25.3. The van der Waals surface area contributed by atoms with Crippen molar-refractivity contribution in [3.8, 4) is 11.5 Å². The average Bonchev–Trinajstić information content (AvgIpc) is 2.77. The van der Waals surface area contributed by atoms with Gasteiger partial charge in [0.15, 0.2) is 5.78 Å². The molecular formula is C24H25F2NO7. The van der Waals surface area contributed by atoms with Crippen molar-refractivity contribution >= 4 is 18.0 Å². The maximum Gasteiger partial charge on any atom is 0.408 e. The normalized spacial score (nSPS) is 12.7. The van der Waals surface area contributed by atoms with Crippen molar-refractivity contribution in [2.45, 2.75) is 39.0 Å². The van der Waals surface area contributed by atoms with Gasteiger partial charge in [0.25, 0.3) is 6.43 Å². The van der Waals surface area contributed by atoms with Crippen molar-refractivity contribution in [1.29, 1.82) is 0 Å². The van der Waals surface area contributed by atoms with E-state index in [9.17, 15) is 28.3 Å². The van der Waals surface area contributed by atoms with E-state index < -0.39 is 41.8 Å². The summed E-state index contributed by atoms with van der Waals surface area (Å²) in [5, 5.41) is 20.9. The van der Waals surface area contributed by atoms with Gasteiger partial charge in [-0.3, -0.25) is 10.1 Å². The first-order valence-corrected chi connectivity index (χ1v) is 10.3. The number of ketones is 1. The molecule has 10 heteroatoms. The number of Topliss-reactive ketones (excluding diaryl/α,β-unsaturated/α-hetero) is 1. The molecule has 34 heavy (non-hydrogen) atoms. The maximum atomic E-state index is 12.8. The number of carboxylic acid groups (broad SMARTS) is 1. The summed E-state index contributed by atoms with van der Waals surface area (Å²) in [6, 6.07) is 7.29. The van der Waals surface area contributed by atoms with Crippen LogP contribution in [0.2, 0.25) is 0 Å². The van der Waals surface area contributed by atoms with E-state index in [4.69, 9.17) is 14.3 Å². The number of carbonyl (C=O) groups excluding carboxylic acids is 1. The molecule has 3 N–H and O–H groups in total. The minimum Gasteiger partial charge on any atom is -0.507 e. The number of amides is 1. The molecule has 1 aromatic carbocycles. The van der Waals surface area contributed by atoms with Gasteiger partial charge in [-0.25, -0.2) is 18.4 Å². The highest BCUT2D eigenvalue weighted by Crippen LogP contribution is 2.26. The second-order valence-electron chi connectivity index (χ2n) is 7.45. The predicted octanol–water partition coefficient (Wildman–Crippen LogP) is 4.94. The second-order valence-corrected chi connectivity index (χ2v) is 7.45. The molecule has 1 atom stereocenters. The van der Waals surface area contributed by atoms with Gasteiger partial charge in [0.2, 0.25) is 0 Å². The Morgan fingerprint density at radius 1 is 1.24 bits per heavy atom. The molecule has 2 aromatic rings. The number of halogens is 2. The lowest BCUT2D eigenvalue weighted by Crippen LogP contribution is -2.16. The zero-order valence-corrected chi connectivity index (χ0v) is 18.6. The van der Waals surface area contributed by atoms with Crippen LogP contribution in [0, 0.1) is 0 Å². The third kappa shape index (κ3) is 7.88. The van der Waals surface area contributed by atoms with Gasteiger partial charge in [-0.15, -0.1) is 0 Å². The summed E-state index contributed by atoms with van der Waals surface area (Å²) in [6.07, 6.45) is 1.58. The van der Waals surface area contributed by atoms with E-state index >= 15 is 0 Å². The molecule has 0 radical (unpaired) electrons. The van der Waals surface area contributed by atoms with Crippen LogP contribution in [0.1, 0.15) is 54.3 Å². The zero-order valence-electron chi connectivity index (χ0n) is 18.6. The number of alkyl halides is 2. The van der Waals surface area contributed by atoms with E-state index in [1.54, 1.807) is 25.1 Å². The van der Waals surface area contributed by atoms with Crippen LogP contribution in [0.15, 0.2) is 57.4 Å². The standard InChI is InChI=1S/C24H25F2NO7/c1-14(5-3-4-10-27-24(31)32)19-12-18(28)21(23(30)34-19)22(29)15(2)11-16-6-8-17(9-7-16)33-13-20(25)26/h4,6-12,14,20,27-28H,3,5,13H2,1-2H3,(H,31,32). The first-order chi connectivity index (χ1) is 16.1. The molecule has 0 aliphatic rings. The third-order valence-corrected chi connectivity index (χ3v) is 4.75. The first-order valence-electron chi connectivity index (χ1n) is 10.3. The van der Waals surface area contributed by atoms with Gasteiger partial charge in [0, 0.05) is 18.2 Å². The first kappa shape index (κ1) is 26.3. The van der Waals surface area contributed by atoms with E-state index in [0.717, 1.165) is 0 Å². The summed E-state index contributed by atoms with van der Waals surface area (Å²) < 4.78 is 34.6. The van der Waals surface area contributed by atoms with Crippen molar-refractivity contribution in [1.82, 2.24) is 5.32 Å². The molecule has 0 aliphatic carbocycles. The fourth-order valence-corrected chi connectivity index (χ4v) is 2.99. The molecule has 0 bridgehead atoms. The van der Waals surface area contributed by atoms with E-state index in [-0.39, 0.29) is 23.0 Å². The van der Waals surface area contributed by atoms with Crippen LogP contribution in [0.5, 0.6) is 11.5 Å². The lowest BCUT2D eigenvalue weighted by Gasteiger charge is -2.11. The minimum absolute atomic E-state index is 0.153. The summed E-state index contributed by atoms with van der Waals surface area (Å²) in [7, 11) is 0. The number of hydrogen-bond donors (Lipinski definition) is 3. The largest absolute Gasteiger partial charge is 0.507 e. The number of aromatic hydroxyl groups is 1. The van der Waals surface area contributed by atoms with E-state index in [1.807, 2.05) is 0 Å². The van der Waals surface area contributed by atoms with Gasteiger partial charge < -0.3 is 19.4 Å². The molecular weight excluding hydrogens is 452 g/mol. The highest BCUT2D eigenvalue weighted by molar-refractivity contribution is 6.12. The molecule has 182 valence electrons. The van der Waals surface area contributed by atoms with Crippen LogP contribution in [0.3, 0.4) is 0 Å². The summed E-state index contributed by atoms with van der Waals surface area (Å²) in [5.74, 6) is -1.06. The van der Waals surface area contributed by atoms with Crippen molar-refractivity contribution in [3.05, 3.63) is 75.5 Å². The predicted molar refractivity (Wildman–Crippen MR) is 121 cm³/mol. The number of nitrogens with one attached hydrogen (secondary N) is 1. The van der Waals surface area contributed by atoms with Crippen LogP contribution in [-0.4, -0.2) is 35.1 Å². The van der Waals surface area contributed by atoms with Crippen LogP contribution in [0.4, 0.5) is 13.6 Å². The smallest absolute Gasteiger partial charge is 0.408 e. The fourth-order valence-electron chi connectivity index (χ4n) is 2.99. The molecule has 1 aromatic heterocycles. The molecule has 0 saturated carbocycles. The Morgan fingerprint density at radius 3 is 2.50 bits per heavy atom. The fraction of sp³-hybridized carbons (Fsp3) is 0.292. The van der Waals surface area contributed by atoms with E-state index in [2.05, 4.69) is 5.32 Å². The van der Waals surface area contributed by atoms with Gasteiger partial charge in [-0.05, 0) is 49.1 Å². The maximum absolute atomic E-state index is 12.8. The van der Waals surface area contributed by atoms with Crippen molar-refractivity contribution in [2.75, 3.05) is 6.61 Å². The van der Waals surface area contributed by atoms with Gasteiger partial charge >= 0.3 is 11.7 Å². The Hall–Kier alpha value is -3.95. The van der Waals surface area contributed by atoms with Crippen molar-refractivity contribution in [3.63, 3.8) is 0 Å². The SMILES string of the molecule is CC(=Cc1ccc(OCC(F)F)cc1)C(=O)c1c(O)cc(C(C)CCC=CNC(=O)O)oc1=O. The third-order valence-electron chi connectivity index (χ3n) is 4.75. The molecule has 0 fully saturated rings. The monoisotopic (exact) mass is 477 g/mol. The Bertz CT molecular complexity index is 1120. The Kier molecular flexibility index (Phi) is 9.54. The quantitative estimate of drug-likeness (QED) is 0.309. The Labute approximate surface area is 194 Å². The number of hydrogen-bond acceptors (Lipinski definition) is 6. The second kappa shape index (κ2) is 12.3. The Morgan fingerprint density at radius 2 is 1.91 bits per heavy atom. The average molecular weight is 477 g/mol. The molecule has 1 unspecified atom stereocenters. The molecule has 8 nitrogen and oxygen atoms in total. The Balaban J connectivity index is 2.11. The number of carbonyl (C=O) groups is 2. The number of ether oxygens (including phenoxy) is 1. The highest BCUT2D eigenvalue weighted by Gasteiger charge is 2.22. The lowest BCUT2D eigenvalue weighted by atomic mass is 9.99. The highest BCUT2D eigenvalue weighted by atomic mass is 19.3. The van der Waals surface area contributed by atoms with Crippen molar-refractivity contribution in [2.24, 2.45) is 0 Å². The summed E-state index contributed by atoms with van der Waals surface area (Å²) in [4.78, 5) is 35.6. The summed E-state index contributed by atoms with van der Waals surface area (Å²) in [5.41, 5.74) is -0.749. The van der Waals surface area contributed by atoms with E-state index in [0.29, 0.717) is 18.4 Å². The summed E-state index contributed by atoms with van der Waals surface area (Å²) >= 11 is 0. The topological polar surface area (TPSA) is 126 Å². The van der Waals surface area contributed by atoms with Crippen LogP contribution < -0.4 is 15.7 Å². The van der Waals surface area contributed by atoms with Gasteiger partial charge in [0.05, 0.1) is 0 Å². The van der Waals surface area contributed by atoms with Crippen LogP contribution in [-0.2, 0) is 0 Å². The van der Waals surface area contributed by atoms with Crippen LogP contribution in [0.25, 0.3) is 6.08 Å². The molecule has 0 saturated heterocycles. The molecule has 1 heterocycles. The van der Waals surface area contributed by atoms with Gasteiger partial charge in [0.1, 0.15) is 29.4 Å². The summed E-state index contributed by atoms with van der Waals surface area (Å²) in [6.45, 7) is 2.50. The lowest BCUT2D eigenvalue weighted by molar-refractivity contribution is 0.0819. The van der Waals surface area contributed by atoms with Gasteiger partial charge in [-0.1, -0.05) is 25.1 Å². The minimum atomic E-state index is -2.59. The number of benzene rings is 1. The van der Waals surface area contributed by atoms with Crippen molar-refractivity contribution < 1.29 is 37.7 Å². The van der Waals surface area contributed by atoms with Gasteiger partial charge in [-0.2, -0.15) is 0 Å². The molecule has 0 aliphatic heterocycles. The molecule has 2 rings (SSSR count). The van der Waals surface area contributed by atoms with Crippen LogP contribution >= 0.6 is 0 Å². The van der Waals surface area contributed by atoms with E-state index in [1.165, 1.54) is 37.4 Å².